The van der Waals surface area contributed by atoms with E-state index in [9.17, 15) is 4.79 Å². The minimum atomic E-state index is -0.495. The standard InChI is InChI=1S/C22H21N7O/c23-18(30)15-9-5-11-29-17(15)13-26-22(29)21-27-19-16(8-4-10-24-19)20(28-21)25-12-14-6-2-1-3-7-14/h1-3,5-7,9,11,13H,4,8,10,12H2,(H2,23,30)(H2,24,25,27,28). The van der Waals surface area contributed by atoms with Crippen molar-refractivity contribution in [1.82, 2.24) is 19.4 Å². The van der Waals surface area contributed by atoms with Crippen LogP contribution >= 0.6 is 0 Å². The number of nitrogens with two attached hydrogens (primary N) is 1. The number of rotatable bonds is 5. The second-order valence-electron chi connectivity index (χ2n) is 7.22. The smallest absolute Gasteiger partial charge is 0.250 e. The minimum absolute atomic E-state index is 0.412. The zero-order valence-electron chi connectivity index (χ0n) is 16.3. The number of carbonyl (C=O) groups is 1. The van der Waals surface area contributed by atoms with Crippen LogP contribution in [0.25, 0.3) is 17.2 Å². The first-order chi connectivity index (χ1) is 14.7. The molecule has 0 atom stereocenters. The molecule has 30 heavy (non-hydrogen) atoms. The summed E-state index contributed by atoms with van der Waals surface area (Å²) in [6.45, 7) is 1.54. The predicted molar refractivity (Wildman–Crippen MR) is 115 cm³/mol. The number of aromatic nitrogens is 4. The molecule has 150 valence electrons. The van der Waals surface area contributed by atoms with E-state index in [1.54, 1.807) is 22.7 Å². The lowest BCUT2D eigenvalue weighted by Crippen LogP contribution is -2.18. The van der Waals surface area contributed by atoms with Crippen LogP contribution in [0.2, 0.25) is 0 Å². The van der Waals surface area contributed by atoms with Gasteiger partial charge < -0.3 is 16.4 Å². The van der Waals surface area contributed by atoms with Crippen molar-refractivity contribution in [1.29, 1.82) is 0 Å². The lowest BCUT2D eigenvalue weighted by atomic mass is 10.1. The van der Waals surface area contributed by atoms with Crippen LogP contribution < -0.4 is 16.4 Å². The fraction of sp³-hybridized carbons (Fsp3) is 0.182. The Labute approximate surface area is 173 Å². The van der Waals surface area contributed by atoms with Crippen molar-refractivity contribution in [3.63, 3.8) is 0 Å². The fourth-order valence-corrected chi connectivity index (χ4v) is 3.76. The van der Waals surface area contributed by atoms with E-state index in [1.165, 1.54) is 5.56 Å². The van der Waals surface area contributed by atoms with E-state index in [-0.39, 0.29) is 0 Å². The first kappa shape index (κ1) is 18.1. The number of hydrogen-bond donors (Lipinski definition) is 3. The highest BCUT2D eigenvalue weighted by Crippen LogP contribution is 2.30. The Kier molecular flexibility index (Phi) is 4.51. The summed E-state index contributed by atoms with van der Waals surface area (Å²) in [6, 6.07) is 13.6. The molecule has 0 bridgehead atoms. The number of anilines is 2. The first-order valence-corrected chi connectivity index (χ1v) is 9.89. The summed E-state index contributed by atoms with van der Waals surface area (Å²) in [7, 11) is 0. The van der Waals surface area contributed by atoms with Crippen molar-refractivity contribution in [2.45, 2.75) is 19.4 Å². The van der Waals surface area contributed by atoms with E-state index in [0.29, 0.717) is 29.3 Å². The van der Waals surface area contributed by atoms with E-state index in [2.05, 4.69) is 27.8 Å². The first-order valence-electron chi connectivity index (χ1n) is 9.89. The Morgan fingerprint density at radius 3 is 2.87 bits per heavy atom. The quantitative estimate of drug-likeness (QED) is 0.476. The summed E-state index contributed by atoms with van der Waals surface area (Å²) in [5.74, 6) is 2.18. The Balaban J connectivity index is 1.58. The Morgan fingerprint density at radius 1 is 1.17 bits per heavy atom. The molecule has 0 radical (unpaired) electrons. The zero-order valence-corrected chi connectivity index (χ0v) is 16.3. The third-order valence-corrected chi connectivity index (χ3v) is 5.24. The van der Waals surface area contributed by atoms with Crippen LogP contribution in [0.1, 0.15) is 27.9 Å². The lowest BCUT2D eigenvalue weighted by molar-refractivity contribution is 0.100. The third kappa shape index (κ3) is 3.22. The second-order valence-corrected chi connectivity index (χ2v) is 7.22. The van der Waals surface area contributed by atoms with Gasteiger partial charge in [-0.2, -0.15) is 0 Å². The second kappa shape index (κ2) is 7.47. The fourth-order valence-electron chi connectivity index (χ4n) is 3.76. The van der Waals surface area contributed by atoms with Crippen molar-refractivity contribution in [2.75, 3.05) is 17.2 Å². The minimum Gasteiger partial charge on any atom is -0.370 e. The molecule has 4 N–H and O–H groups in total. The van der Waals surface area contributed by atoms with Gasteiger partial charge in [-0.3, -0.25) is 9.20 Å². The van der Waals surface area contributed by atoms with Gasteiger partial charge in [0.15, 0.2) is 11.6 Å². The lowest BCUT2D eigenvalue weighted by Gasteiger charge is -2.21. The molecule has 4 aromatic rings. The molecule has 1 amide bonds. The highest BCUT2D eigenvalue weighted by atomic mass is 16.1. The number of fused-ring (bicyclic) bond motifs is 2. The molecule has 5 rings (SSSR count). The largest absolute Gasteiger partial charge is 0.370 e. The van der Waals surface area contributed by atoms with Crippen LogP contribution in [0, 0.1) is 0 Å². The van der Waals surface area contributed by atoms with Crippen molar-refractivity contribution in [2.24, 2.45) is 5.73 Å². The molecule has 0 fully saturated rings. The monoisotopic (exact) mass is 399 g/mol. The molecule has 0 saturated carbocycles. The van der Waals surface area contributed by atoms with Crippen molar-refractivity contribution < 1.29 is 4.79 Å². The van der Waals surface area contributed by atoms with Crippen molar-refractivity contribution in [3.8, 4) is 11.6 Å². The summed E-state index contributed by atoms with van der Waals surface area (Å²) in [6.07, 6.45) is 5.40. The number of amides is 1. The summed E-state index contributed by atoms with van der Waals surface area (Å²) >= 11 is 0. The van der Waals surface area contributed by atoms with E-state index < -0.39 is 5.91 Å². The van der Waals surface area contributed by atoms with E-state index in [0.717, 1.165) is 36.6 Å². The van der Waals surface area contributed by atoms with E-state index in [4.69, 9.17) is 15.7 Å². The topological polar surface area (TPSA) is 110 Å². The Hall–Kier alpha value is -3.94. The van der Waals surface area contributed by atoms with Crippen LogP contribution in [0.3, 0.4) is 0 Å². The van der Waals surface area contributed by atoms with Gasteiger partial charge in [-0.15, -0.1) is 0 Å². The summed E-state index contributed by atoms with van der Waals surface area (Å²) < 4.78 is 1.80. The highest BCUT2D eigenvalue weighted by Gasteiger charge is 2.21. The predicted octanol–water partition coefficient (Wildman–Crippen LogP) is 2.86. The molecule has 3 aromatic heterocycles. The maximum Gasteiger partial charge on any atom is 0.250 e. The normalized spacial score (nSPS) is 12.9. The molecule has 4 heterocycles. The molecule has 8 heteroatoms. The number of pyridine rings is 1. The molecular weight excluding hydrogens is 378 g/mol. The van der Waals surface area contributed by atoms with Gasteiger partial charge >= 0.3 is 0 Å². The number of primary amides is 1. The average molecular weight is 399 g/mol. The maximum atomic E-state index is 11.8. The van der Waals surface area contributed by atoms with Gasteiger partial charge in [-0.05, 0) is 30.5 Å². The summed E-state index contributed by atoms with van der Waals surface area (Å²) in [5.41, 5.74) is 8.81. The molecule has 8 nitrogen and oxygen atoms in total. The summed E-state index contributed by atoms with van der Waals surface area (Å²) in [4.78, 5) is 25.8. The number of hydrogen-bond acceptors (Lipinski definition) is 6. The van der Waals surface area contributed by atoms with E-state index in [1.807, 2.05) is 24.4 Å². The van der Waals surface area contributed by atoms with Gasteiger partial charge in [0.1, 0.15) is 11.6 Å². The van der Waals surface area contributed by atoms with Gasteiger partial charge in [0.2, 0.25) is 0 Å². The van der Waals surface area contributed by atoms with Gasteiger partial charge in [0.25, 0.3) is 5.91 Å². The Morgan fingerprint density at radius 2 is 2.03 bits per heavy atom. The van der Waals surface area contributed by atoms with Gasteiger partial charge in [0.05, 0.1) is 17.3 Å². The van der Waals surface area contributed by atoms with Crippen LogP contribution in [-0.2, 0) is 13.0 Å². The Bertz CT molecular complexity index is 1230. The van der Waals surface area contributed by atoms with Gasteiger partial charge in [-0.1, -0.05) is 30.3 Å². The molecule has 0 saturated heterocycles. The molecule has 0 aliphatic carbocycles. The van der Waals surface area contributed by atoms with Crippen molar-refractivity contribution in [3.05, 3.63) is 71.5 Å². The molecule has 1 aliphatic heterocycles. The molecule has 0 spiro atoms. The zero-order chi connectivity index (χ0) is 20.5. The van der Waals surface area contributed by atoms with Crippen LogP contribution in [0.5, 0.6) is 0 Å². The molecule has 0 unspecified atom stereocenters. The molecule has 1 aromatic carbocycles. The van der Waals surface area contributed by atoms with Crippen LogP contribution in [-0.4, -0.2) is 31.8 Å². The summed E-state index contributed by atoms with van der Waals surface area (Å²) in [5, 5.41) is 6.85. The van der Waals surface area contributed by atoms with E-state index >= 15 is 0 Å². The average Bonchev–Trinajstić information content (AvgIpc) is 3.22. The molecular formula is C22H21N7O. The number of imidazole rings is 1. The highest BCUT2D eigenvalue weighted by molar-refractivity contribution is 5.99. The van der Waals surface area contributed by atoms with Gasteiger partial charge in [0, 0.05) is 24.8 Å². The number of benzene rings is 1. The maximum absolute atomic E-state index is 11.8. The SMILES string of the molecule is NC(=O)c1cccn2c(-c3nc4c(c(NCc5ccccc5)n3)CCCN4)ncc12. The van der Waals surface area contributed by atoms with Crippen LogP contribution in [0.15, 0.2) is 54.9 Å². The van der Waals surface area contributed by atoms with Gasteiger partial charge in [-0.25, -0.2) is 15.0 Å². The number of nitrogens with zero attached hydrogens (tertiary/aromatic N) is 4. The van der Waals surface area contributed by atoms with Crippen molar-refractivity contribution >= 4 is 23.1 Å². The number of carbonyl (C=O) groups excluding carboxylic acids is 1. The number of nitrogens with one attached hydrogen (secondary N) is 2. The molecule has 1 aliphatic rings. The third-order valence-electron chi connectivity index (χ3n) is 5.24. The van der Waals surface area contributed by atoms with Crippen LogP contribution in [0.4, 0.5) is 11.6 Å².